The van der Waals surface area contributed by atoms with Gasteiger partial charge in [-0.3, -0.25) is 4.79 Å². The van der Waals surface area contributed by atoms with Crippen molar-refractivity contribution in [2.45, 2.75) is 12.5 Å². The minimum atomic E-state index is -0.0610. The summed E-state index contributed by atoms with van der Waals surface area (Å²) in [5.74, 6) is 1.36. The van der Waals surface area contributed by atoms with E-state index in [1.54, 1.807) is 6.20 Å². The standard InChI is InChI=1S/C19H21N5O2/c1-23(2)17-9-18(22-12-21-17)26-13-7-8-24(11-13)19(25)15-10-20-16-6-4-3-5-14(15)16/h3-6,9-10,12-13,20H,7-8,11H2,1-2H3. The Bertz CT molecular complexity index is 936. The first-order chi connectivity index (χ1) is 12.6. The summed E-state index contributed by atoms with van der Waals surface area (Å²) in [6.07, 6.45) is 4.01. The molecule has 0 saturated carbocycles. The number of para-hydroxylation sites is 1. The smallest absolute Gasteiger partial charge is 0.256 e. The van der Waals surface area contributed by atoms with Gasteiger partial charge in [0.25, 0.3) is 5.91 Å². The van der Waals surface area contributed by atoms with Gasteiger partial charge >= 0.3 is 0 Å². The Labute approximate surface area is 151 Å². The van der Waals surface area contributed by atoms with E-state index in [2.05, 4.69) is 15.0 Å². The van der Waals surface area contributed by atoms with E-state index in [4.69, 9.17) is 4.74 Å². The quantitative estimate of drug-likeness (QED) is 0.781. The Morgan fingerprint density at radius 3 is 3.00 bits per heavy atom. The number of ether oxygens (including phenoxy) is 1. The number of anilines is 1. The van der Waals surface area contributed by atoms with Crippen LogP contribution in [0.4, 0.5) is 5.82 Å². The second-order valence-electron chi connectivity index (χ2n) is 6.64. The van der Waals surface area contributed by atoms with E-state index < -0.39 is 0 Å². The van der Waals surface area contributed by atoms with Crippen LogP contribution in [0.25, 0.3) is 10.9 Å². The maximum atomic E-state index is 12.9. The highest BCUT2D eigenvalue weighted by atomic mass is 16.5. The first-order valence-electron chi connectivity index (χ1n) is 8.63. The predicted octanol–water partition coefficient (Wildman–Crippen LogP) is 2.32. The number of hydrogen-bond donors (Lipinski definition) is 1. The van der Waals surface area contributed by atoms with Gasteiger partial charge in [-0.1, -0.05) is 18.2 Å². The summed E-state index contributed by atoms with van der Waals surface area (Å²) in [7, 11) is 3.84. The maximum Gasteiger partial charge on any atom is 0.256 e. The molecule has 2 aromatic heterocycles. The molecule has 1 saturated heterocycles. The third kappa shape index (κ3) is 3.08. The zero-order valence-electron chi connectivity index (χ0n) is 14.8. The summed E-state index contributed by atoms with van der Waals surface area (Å²) >= 11 is 0. The fraction of sp³-hybridized carbons (Fsp3) is 0.316. The van der Waals surface area contributed by atoms with E-state index in [0.29, 0.717) is 24.5 Å². The summed E-state index contributed by atoms with van der Waals surface area (Å²) in [5, 5.41) is 0.952. The summed E-state index contributed by atoms with van der Waals surface area (Å²) < 4.78 is 5.97. The van der Waals surface area contributed by atoms with Gasteiger partial charge in [0.1, 0.15) is 18.2 Å². The summed E-state index contributed by atoms with van der Waals surface area (Å²) in [5.41, 5.74) is 1.68. The van der Waals surface area contributed by atoms with Crippen molar-refractivity contribution in [2.75, 3.05) is 32.1 Å². The Morgan fingerprint density at radius 2 is 2.15 bits per heavy atom. The largest absolute Gasteiger partial charge is 0.472 e. The SMILES string of the molecule is CN(C)c1cc(OC2CCN(C(=O)c3c[nH]c4ccccc34)C2)ncn1. The number of aromatic nitrogens is 3. The Hall–Kier alpha value is -3.09. The first kappa shape index (κ1) is 16.4. The van der Waals surface area contributed by atoms with E-state index in [9.17, 15) is 4.79 Å². The summed E-state index contributed by atoms with van der Waals surface area (Å²) in [6, 6.07) is 9.65. The Balaban J connectivity index is 1.45. The van der Waals surface area contributed by atoms with Gasteiger partial charge in [0, 0.05) is 50.2 Å². The van der Waals surface area contributed by atoms with Crippen LogP contribution in [0, 0.1) is 0 Å². The first-order valence-corrected chi connectivity index (χ1v) is 8.63. The zero-order chi connectivity index (χ0) is 18.1. The number of rotatable bonds is 4. The third-order valence-electron chi connectivity index (χ3n) is 4.63. The lowest BCUT2D eigenvalue weighted by molar-refractivity contribution is 0.0773. The second kappa shape index (κ2) is 6.67. The molecule has 26 heavy (non-hydrogen) atoms. The molecule has 1 atom stereocenters. The molecule has 0 bridgehead atoms. The lowest BCUT2D eigenvalue weighted by atomic mass is 10.1. The predicted molar refractivity (Wildman–Crippen MR) is 99.6 cm³/mol. The molecule has 1 unspecified atom stereocenters. The van der Waals surface area contributed by atoms with Crippen LogP contribution in [0.5, 0.6) is 5.88 Å². The molecule has 0 spiro atoms. The van der Waals surface area contributed by atoms with Gasteiger partial charge in [0.05, 0.1) is 12.1 Å². The summed E-state index contributed by atoms with van der Waals surface area (Å²) in [6.45, 7) is 1.23. The Morgan fingerprint density at radius 1 is 1.31 bits per heavy atom. The number of hydrogen-bond acceptors (Lipinski definition) is 5. The number of carbonyl (C=O) groups excluding carboxylic acids is 1. The van der Waals surface area contributed by atoms with Crippen LogP contribution < -0.4 is 9.64 Å². The maximum absolute atomic E-state index is 12.9. The molecule has 0 aliphatic carbocycles. The number of nitrogens with one attached hydrogen (secondary N) is 1. The fourth-order valence-electron chi connectivity index (χ4n) is 3.24. The Kier molecular flexibility index (Phi) is 4.20. The van der Waals surface area contributed by atoms with Gasteiger partial charge in [-0.2, -0.15) is 0 Å². The number of fused-ring (bicyclic) bond motifs is 1. The number of aromatic amines is 1. The van der Waals surface area contributed by atoms with Crippen LogP contribution in [0.2, 0.25) is 0 Å². The number of benzene rings is 1. The van der Waals surface area contributed by atoms with Crippen molar-refractivity contribution in [1.29, 1.82) is 0 Å². The molecule has 3 heterocycles. The second-order valence-corrected chi connectivity index (χ2v) is 6.64. The topological polar surface area (TPSA) is 74.3 Å². The van der Waals surface area contributed by atoms with E-state index >= 15 is 0 Å². The van der Waals surface area contributed by atoms with Crippen LogP contribution >= 0.6 is 0 Å². The highest BCUT2D eigenvalue weighted by Crippen LogP contribution is 2.23. The average Bonchev–Trinajstić information content (AvgIpc) is 3.28. The molecule has 1 aliphatic heterocycles. The van der Waals surface area contributed by atoms with Crippen LogP contribution in [0.3, 0.4) is 0 Å². The van der Waals surface area contributed by atoms with E-state index in [1.165, 1.54) is 6.33 Å². The average molecular weight is 351 g/mol. The molecule has 7 nitrogen and oxygen atoms in total. The van der Waals surface area contributed by atoms with Gasteiger partial charge in [-0.05, 0) is 6.07 Å². The third-order valence-corrected chi connectivity index (χ3v) is 4.63. The number of amides is 1. The van der Waals surface area contributed by atoms with E-state index in [1.807, 2.05) is 54.2 Å². The number of likely N-dealkylation sites (tertiary alicyclic amines) is 1. The van der Waals surface area contributed by atoms with E-state index in [-0.39, 0.29) is 12.0 Å². The van der Waals surface area contributed by atoms with E-state index in [0.717, 1.165) is 23.1 Å². The van der Waals surface area contributed by atoms with Crippen molar-refractivity contribution < 1.29 is 9.53 Å². The minimum absolute atomic E-state index is 0.0326. The van der Waals surface area contributed by atoms with Crippen LogP contribution in [0.15, 0.2) is 42.9 Å². The lowest BCUT2D eigenvalue weighted by Gasteiger charge is -2.17. The molecule has 134 valence electrons. The lowest BCUT2D eigenvalue weighted by Crippen LogP contribution is -2.31. The highest BCUT2D eigenvalue weighted by molar-refractivity contribution is 6.06. The molecule has 7 heteroatoms. The van der Waals surface area contributed by atoms with Crippen molar-refractivity contribution in [1.82, 2.24) is 19.9 Å². The van der Waals surface area contributed by atoms with Crippen LogP contribution in [0.1, 0.15) is 16.8 Å². The van der Waals surface area contributed by atoms with Gasteiger partial charge in [0.2, 0.25) is 5.88 Å². The number of carbonyl (C=O) groups is 1. The molecule has 1 amide bonds. The van der Waals surface area contributed by atoms with Gasteiger partial charge < -0.3 is 19.5 Å². The molecule has 1 N–H and O–H groups in total. The van der Waals surface area contributed by atoms with Crippen molar-refractivity contribution in [3.63, 3.8) is 0 Å². The van der Waals surface area contributed by atoms with Gasteiger partial charge in [-0.15, -0.1) is 0 Å². The van der Waals surface area contributed by atoms with Gasteiger partial charge in [0.15, 0.2) is 0 Å². The highest BCUT2D eigenvalue weighted by Gasteiger charge is 2.29. The molecular weight excluding hydrogens is 330 g/mol. The molecule has 1 aliphatic rings. The van der Waals surface area contributed by atoms with Crippen LogP contribution in [-0.4, -0.2) is 59.0 Å². The van der Waals surface area contributed by atoms with Crippen molar-refractivity contribution >= 4 is 22.6 Å². The normalized spacial score (nSPS) is 16.8. The minimum Gasteiger partial charge on any atom is -0.472 e. The fourth-order valence-corrected chi connectivity index (χ4v) is 3.24. The number of nitrogens with zero attached hydrogens (tertiary/aromatic N) is 4. The molecule has 1 aromatic carbocycles. The van der Waals surface area contributed by atoms with Crippen molar-refractivity contribution in [3.8, 4) is 5.88 Å². The molecule has 0 radical (unpaired) electrons. The van der Waals surface area contributed by atoms with Crippen LogP contribution in [-0.2, 0) is 0 Å². The summed E-state index contributed by atoms with van der Waals surface area (Å²) in [4.78, 5) is 28.1. The molecule has 1 fully saturated rings. The van der Waals surface area contributed by atoms with Gasteiger partial charge in [-0.25, -0.2) is 9.97 Å². The molecule has 4 rings (SSSR count). The molecular formula is C19H21N5O2. The zero-order valence-corrected chi connectivity index (χ0v) is 14.8. The molecule has 3 aromatic rings. The number of H-pyrrole nitrogens is 1. The monoisotopic (exact) mass is 351 g/mol. The van der Waals surface area contributed by atoms with Crippen molar-refractivity contribution in [3.05, 3.63) is 48.4 Å². The van der Waals surface area contributed by atoms with Crippen molar-refractivity contribution in [2.24, 2.45) is 0 Å².